The van der Waals surface area contributed by atoms with E-state index in [9.17, 15) is 5.11 Å². The number of aliphatic hydroxyl groups is 1. The maximum atomic E-state index is 10.6. The van der Waals surface area contributed by atoms with Gasteiger partial charge in [-0.25, -0.2) is 0 Å². The van der Waals surface area contributed by atoms with Gasteiger partial charge in [-0.15, -0.1) is 0 Å². The fraction of sp³-hybridized carbons (Fsp3) is 0.600. The summed E-state index contributed by atoms with van der Waals surface area (Å²) in [5.74, 6) is 0. The minimum Gasteiger partial charge on any atom is -0.388 e. The summed E-state index contributed by atoms with van der Waals surface area (Å²) < 4.78 is 3.60. The van der Waals surface area contributed by atoms with Gasteiger partial charge in [0, 0.05) is 43.4 Å². The number of hydrogen-bond acceptors (Lipinski definition) is 3. The van der Waals surface area contributed by atoms with E-state index < -0.39 is 6.10 Å². The summed E-state index contributed by atoms with van der Waals surface area (Å²) in [5.41, 5.74) is 3.76. The molecule has 0 saturated heterocycles. The zero-order valence-corrected chi connectivity index (χ0v) is 13.2. The van der Waals surface area contributed by atoms with Gasteiger partial charge in [0.25, 0.3) is 0 Å². The van der Waals surface area contributed by atoms with Gasteiger partial charge in [0.15, 0.2) is 0 Å². The van der Waals surface area contributed by atoms with Gasteiger partial charge in [0.2, 0.25) is 0 Å². The smallest absolute Gasteiger partial charge is 0.0878 e. The second-order valence-corrected chi connectivity index (χ2v) is 6.48. The molecule has 0 saturated carbocycles. The Labute approximate surface area is 120 Å². The van der Waals surface area contributed by atoms with Crippen molar-refractivity contribution in [1.82, 2.24) is 19.6 Å². The van der Waals surface area contributed by atoms with Crippen LogP contribution in [-0.4, -0.2) is 24.7 Å². The van der Waals surface area contributed by atoms with E-state index >= 15 is 0 Å². The molecular weight excluding hydrogens is 252 g/mol. The van der Waals surface area contributed by atoms with Crippen molar-refractivity contribution in [3.63, 3.8) is 0 Å². The van der Waals surface area contributed by atoms with Gasteiger partial charge in [-0.05, 0) is 13.0 Å². The van der Waals surface area contributed by atoms with Crippen LogP contribution >= 0.6 is 0 Å². The minimum absolute atomic E-state index is 0.0834. The van der Waals surface area contributed by atoms with Crippen molar-refractivity contribution in [3.05, 3.63) is 34.9 Å². The molecule has 0 aromatic carbocycles. The van der Waals surface area contributed by atoms with Crippen molar-refractivity contribution < 1.29 is 5.11 Å². The monoisotopic (exact) mass is 276 g/mol. The van der Waals surface area contributed by atoms with Crippen molar-refractivity contribution in [3.8, 4) is 0 Å². The molecule has 5 heteroatoms. The highest BCUT2D eigenvalue weighted by atomic mass is 16.3. The molecule has 2 heterocycles. The topological polar surface area (TPSA) is 55.9 Å². The Hall–Kier alpha value is -1.62. The zero-order valence-electron chi connectivity index (χ0n) is 13.2. The molecule has 0 spiro atoms. The molecule has 1 unspecified atom stereocenters. The predicted molar refractivity (Wildman–Crippen MR) is 78.5 cm³/mol. The molecule has 0 aliphatic carbocycles. The van der Waals surface area contributed by atoms with E-state index in [-0.39, 0.29) is 5.41 Å². The lowest BCUT2D eigenvalue weighted by Crippen LogP contribution is -2.17. The van der Waals surface area contributed by atoms with E-state index in [1.54, 1.807) is 4.68 Å². The van der Waals surface area contributed by atoms with Crippen LogP contribution in [0.5, 0.6) is 0 Å². The summed E-state index contributed by atoms with van der Waals surface area (Å²) in [6.07, 6.45) is 1.90. The van der Waals surface area contributed by atoms with Crippen LogP contribution in [0.15, 0.2) is 12.3 Å². The van der Waals surface area contributed by atoms with Gasteiger partial charge in [-0.2, -0.15) is 10.2 Å². The van der Waals surface area contributed by atoms with Crippen LogP contribution in [0.2, 0.25) is 0 Å². The van der Waals surface area contributed by atoms with Gasteiger partial charge in [0.05, 0.1) is 17.5 Å². The first-order valence-electron chi connectivity index (χ1n) is 6.90. The lowest BCUT2D eigenvalue weighted by atomic mass is 9.87. The Bertz CT molecular complexity index is 604. The van der Waals surface area contributed by atoms with E-state index in [0.29, 0.717) is 6.42 Å². The third-order valence-corrected chi connectivity index (χ3v) is 3.43. The number of aliphatic hydroxyl groups excluding tert-OH is 1. The maximum absolute atomic E-state index is 10.6. The molecule has 1 N–H and O–H groups in total. The van der Waals surface area contributed by atoms with E-state index in [0.717, 1.165) is 22.6 Å². The summed E-state index contributed by atoms with van der Waals surface area (Å²) >= 11 is 0. The molecule has 0 radical (unpaired) electrons. The molecular formula is C15H24N4O. The summed E-state index contributed by atoms with van der Waals surface area (Å²) in [7, 11) is 3.79. The highest BCUT2D eigenvalue weighted by molar-refractivity contribution is 5.27. The second kappa shape index (κ2) is 5.05. The average molecular weight is 276 g/mol. The lowest BCUT2D eigenvalue weighted by molar-refractivity contribution is 0.173. The van der Waals surface area contributed by atoms with Crippen molar-refractivity contribution in [2.45, 2.75) is 45.6 Å². The number of aromatic nitrogens is 4. The van der Waals surface area contributed by atoms with E-state index in [1.807, 2.05) is 38.0 Å². The SMILES string of the molecule is Cc1cc(CC(O)c2cn(C)nc2C(C)(C)C)n(C)n1. The van der Waals surface area contributed by atoms with Crippen LogP contribution in [0.3, 0.4) is 0 Å². The van der Waals surface area contributed by atoms with Crippen molar-refractivity contribution in [1.29, 1.82) is 0 Å². The first-order valence-corrected chi connectivity index (χ1v) is 6.90. The lowest BCUT2D eigenvalue weighted by Gasteiger charge is -2.20. The molecule has 2 rings (SSSR count). The molecule has 0 bridgehead atoms. The van der Waals surface area contributed by atoms with E-state index in [4.69, 9.17) is 0 Å². The fourth-order valence-corrected chi connectivity index (χ4v) is 2.50. The molecule has 0 fully saturated rings. The summed E-state index contributed by atoms with van der Waals surface area (Å²) in [6, 6.07) is 2.01. The van der Waals surface area contributed by atoms with Gasteiger partial charge >= 0.3 is 0 Å². The number of hydrogen-bond donors (Lipinski definition) is 1. The Morgan fingerprint density at radius 1 is 1.25 bits per heavy atom. The normalized spacial score (nSPS) is 13.8. The Morgan fingerprint density at radius 3 is 2.40 bits per heavy atom. The summed E-state index contributed by atoms with van der Waals surface area (Å²) in [5, 5.41) is 19.4. The number of rotatable bonds is 3. The first-order chi connectivity index (χ1) is 9.18. The Morgan fingerprint density at radius 2 is 1.90 bits per heavy atom. The molecule has 20 heavy (non-hydrogen) atoms. The van der Waals surface area contributed by atoms with E-state index in [2.05, 4.69) is 31.0 Å². The zero-order chi connectivity index (χ0) is 15.1. The van der Waals surface area contributed by atoms with Crippen LogP contribution in [0.25, 0.3) is 0 Å². The van der Waals surface area contributed by atoms with Crippen LogP contribution in [0.1, 0.15) is 49.5 Å². The van der Waals surface area contributed by atoms with Crippen LogP contribution < -0.4 is 0 Å². The molecule has 0 amide bonds. The van der Waals surface area contributed by atoms with E-state index in [1.165, 1.54) is 0 Å². The van der Waals surface area contributed by atoms with Crippen molar-refractivity contribution in [2.75, 3.05) is 0 Å². The van der Waals surface area contributed by atoms with Gasteiger partial charge < -0.3 is 5.11 Å². The Balaban J connectivity index is 2.30. The van der Waals surface area contributed by atoms with Crippen LogP contribution in [-0.2, 0) is 25.9 Å². The summed E-state index contributed by atoms with van der Waals surface area (Å²) in [4.78, 5) is 0. The first kappa shape index (κ1) is 14.8. The third kappa shape index (κ3) is 2.93. The molecule has 1 atom stereocenters. The quantitative estimate of drug-likeness (QED) is 0.933. The number of aryl methyl sites for hydroxylation is 3. The predicted octanol–water partition coefficient (Wildman–Crippen LogP) is 2.04. The average Bonchev–Trinajstić information content (AvgIpc) is 2.82. The highest BCUT2D eigenvalue weighted by Gasteiger charge is 2.26. The largest absolute Gasteiger partial charge is 0.388 e. The molecule has 2 aromatic heterocycles. The maximum Gasteiger partial charge on any atom is 0.0878 e. The minimum atomic E-state index is -0.562. The molecule has 0 aliphatic heterocycles. The molecule has 2 aromatic rings. The van der Waals surface area contributed by atoms with Crippen LogP contribution in [0, 0.1) is 6.92 Å². The highest BCUT2D eigenvalue weighted by Crippen LogP contribution is 2.29. The van der Waals surface area contributed by atoms with Crippen LogP contribution in [0.4, 0.5) is 0 Å². The molecule has 110 valence electrons. The Kier molecular flexibility index (Phi) is 3.73. The second-order valence-electron chi connectivity index (χ2n) is 6.48. The molecule has 0 aliphatic rings. The third-order valence-electron chi connectivity index (χ3n) is 3.43. The van der Waals surface area contributed by atoms with Crippen molar-refractivity contribution >= 4 is 0 Å². The summed E-state index contributed by atoms with van der Waals surface area (Å²) in [6.45, 7) is 8.29. The van der Waals surface area contributed by atoms with Gasteiger partial charge in [0.1, 0.15) is 0 Å². The van der Waals surface area contributed by atoms with Gasteiger partial charge in [-0.1, -0.05) is 20.8 Å². The molecule has 5 nitrogen and oxygen atoms in total. The number of nitrogens with zero attached hydrogens (tertiary/aromatic N) is 4. The fourth-order valence-electron chi connectivity index (χ4n) is 2.50. The van der Waals surface area contributed by atoms with Gasteiger partial charge in [-0.3, -0.25) is 9.36 Å². The van der Waals surface area contributed by atoms with Crippen molar-refractivity contribution in [2.24, 2.45) is 14.1 Å². The standard InChI is InChI=1S/C15H24N4O/c1-10-7-11(19(6)16-10)8-13(20)12-9-18(5)17-14(12)15(2,3)4/h7,9,13,20H,8H2,1-6H3.